The van der Waals surface area contributed by atoms with E-state index in [-0.39, 0.29) is 5.91 Å². The lowest BCUT2D eigenvalue weighted by Gasteiger charge is -2.07. The first-order chi connectivity index (χ1) is 9.31. The van der Waals surface area contributed by atoms with Gasteiger partial charge in [0.2, 0.25) is 5.91 Å². The van der Waals surface area contributed by atoms with E-state index in [1.807, 2.05) is 17.5 Å². The second-order valence-electron chi connectivity index (χ2n) is 4.73. The third-order valence-electron chi connectivity index (χ3n) is 3.32. The average Bonchev–Trinajstić information content (AvgIpc) is 3.07. The maximum absolute atomic E-state index is 11.9. The Hall–Kier alpha value is -1.81. The zero-order valence-electron chi connectivity index (χ0n) is 10.6. The Labute approximate surface area is 116 Å². The van der Waals surface area contributed by atoms with Crippen LogP contribution in [0.25, 0.3) is 0 Å². The Morgan fingerprint density at radius 3 is 3.16 bits per heavy atom. The Balaban J connectivity index is 1.57. The molecule has 2 heterocycles. The first-order valence-electron chi connectivity index (χ1n) is 6.49. The molecule has 2 N–H and O–H groups in total. The summed E-state index contributed by atoms with van der Waals surface area (Å²) < 4.78 is 0. The molecule has 2 aromatic rings. The zero-order chi connectivity index (χ0) is 13.1. The van der Waals surface area contributed by atoms with E-state index in [1.165, 1.54) is 16.8 Å². The Kier molecular flexibility index (Phi) is 3.51. The van der Waals surface area contributed by atoms with E-state index >= 15 is 0 Å². The molecule has 4 heteroatoms. The number of aryl methyl sites for hydroxylation is 1. The lowest BCUT2D eigenvalue weighted by Crippen LogP contribution is -2.12. The molecule has 0 saturated heterocycles. The smallest absolute Gasteiger partial charge is 0.224 e. The van der Waals surface area contributed by atoms with Crippen molar-refractivity contribution >= 4 is 28.6 Å². The highest BCUT2D eigenvalue weighted by Crippen LogP contribution is 2.25. The van der Waals surface area contributed by atoms with Crippen molar-refractivity contribution in [3.05, 3.63) is 46.2 Å². The second-order valence-corrected chi connectivity index (χ2v) is 5.51. The molecule has 0 atom stereocenters. The molecule has 0 spiro atoms. The highest BCUT2D eigenvalue weighted by Gasteiger charge is 2.11. The molecule has 3 rings (SSSR count). The van der Waals surface area contributed by atoms with Crippen LogP contribution in [0.3, 0.4) is 0 Å². The number of anilines is 2. The summed E-state index contributed by atoms with van der Waals surface area (Å²) in [5.41, 5.74) is 4.61. The second kappa shape index (κ2) is 5.45. The van der Waals surface area contributed by atoms with Crippen molar-refractivity contribution in [2.45, 2.75) is 19.3 Å². The van der Waals surface area contributed by atoms with Crippen LogP contribution >= 0.6 is 11.3 Å². The van der Waals surface area contributed by atoms with E-state index in [4.69, 9.17) is 0 Å². The van der Waals surface area contributed by atoms with Crippen molar-refractivity contribution in [1.29, 1.82) is 0 Å². The monoisotopic (exact) mass is 272 g/mol. The van der Waals surface area contributed by atoms with Crippen LogP contribution in [0, 0.1) is 0 Å². The van der Waals surface area contributed by atoms with Gasteiger partial charge in [0.15, 0.2) is 0 Å². The number of carbonyl (C=O) groups excluding carboxylic acids is 1. The summed E-state index contributed by atoms with van der Waals surface area (Å²) in [5.74, 6) is 0.0807. The van der Waals surface area contributed by atoms with Crippen LogP contribution in [-0.2, 0) is 17.6 Å². The summed E-state index contributed by atoms with van der Waals surface area (Å²) in [6, 6.07) is 8.13. The van der Waals surface area contributed by atoms with Gasteiger partial charge in [-0.25, -0.2) is 0 Å². The molecular formula is C15H16N2OS. The summed E-state index contributed by atoms with van der Waals surface area (Å²) in [5, 5.41) is 10.4. The topological polar surface area (TPSA) is 41.1 Å². The van der Waals surface area contributed by atoms with Gasteiger partial charge in [0.05, 0.1) is 0 Å². The number of amides is 1. The summed E-state index contributed by atoms with van der Waals surface area (Å²) in [4.78, 5) is 11.9. The number of carbonyl (C=O) groups is 1. The molecule has 1 aromatic carbocycles. The van der Waals surface area contributed by atoms with Gasteiger partial charge in [-0.1, -0.05) is 0 Å². The molecule has 0 aliphatic carbocycles. The molecule has 19 heavy (non-hydrogen) atoms. The maximum Gasteiger partial charge on any atom is 0.224 e. The van der Waals surface area contributed by atoms with Crippen LogP contribution < -0.4 is 10.6 Å². The molecule has 1 amide bonds. The number of hydrogen-bond acceptors (Lipinski definition) is 3. The lowest BCUT2D eigenvalue weighted by atomic mass is 10.1. The highest BCUT2D eigenvalue weighted by molar-refractivity contribution is 7.07. The molecule has 0 radical (unpaired) electrons. The fraction of sp³-hybridized carbons (Fsp3) is 0.267. The van der Waals surface area contributed by atoms with Gasteiger partial charge in [-0.05, 0) is 59.0 Å². The SMILES string of the molecule is O=C(CCc1ccsc1)Nc1ccc2c(c1)CCN2. The number of thiophene rings is 1. The minimum absolute atomic E-state index is 0.0807. The molecule has 1 aromatic heterocycles. The fourth-order valence-corrected chi connectivity index (χ4v) is 3.00. The first-order valence-corrected chi connectivity index (χ1v) is 7.43. The van der Waals surface area contributed by atoms with Crippen LogP contribution in [0.2, 0.25) is 0 Å². The van der Waals surface area contributed by atoms with Gasteiger partial charge < -0.3 is 10.6 Å². The number of benzene rings is 1. The predicted octanol–water partition coefficient (Wildman–Crippen LogP) is 3.29. The molecule has 0 bridgehead atoms. The molecule has 1 aliphatic heterocycles. The number of hydrogen-bond donors (Lipinski definition) is 2. The lowest BCUT2D eigenvalue weighted by molar-refractivity contribution is -0.116. The van der Waals surface area contributed by atoms with Gasteiger partial charge in [-0.3, -0.25) is 4.79 Å². The Morgan fingerprint density at radius 1 is 1.37 bits per heavy atom. The van der Waals surface area contributed by atoms with Crippen LogP contribution in [0.15, 0.2) is 35.0 Å². The maximum atomic E-state index is 11.9. The molecule has 0 fully saturated rings. The molecule has 3 nitrogen and oxygen atoms in total. The van der Waals surface area contributed by atoms with Crippen molar-refractivity contribution < 1.29 is 4.79 Å². The van der Waals surface area contributed by atoms with Gasteiger partial charge in [-0.2, -0.15) is 11.3 Å². The number of fused-ring (bicyclic) bond motifs is 1. The minimum Gasteiger partial charge on any atom is -0.384 e. The number of rotatable bonds is 4. The molecular weight excluding hydrogens is 256 g/mol. The van der Waals surface area contributed by atoms with E-state index in [1.54, 1.807) is 11.3 Å². The highest BCUT2D eigenvalue weighted by atomic mass is 32.1. The van der Waals surface area contributed by atoms with Crippen molar-refractivity contribution in [1.82, 2.24) is 0 Å². The van der Waals surface area contributed by atoms with E-state index in [0.717, 1.165) is 25.1 Å². The largest absolute Gasteiger partial charge is 0.384 e. The van der Waals surface area contributed by atoms with E-state index < -0.39 is 0 Å². The van der Waals surface area contributed by atoms with Crippen LogP contribution in [0.1, 0.15) is 17.5 Å². The zero-order valence-corrected chi connectivity index (χ0v) is 11.4. The number of nitrogens with one attached hydrogen (secondary N) is 2. The first kappa shape index (κ1) is 12.2. The van der Waals surface area contributed by atoms with E-state index in [9.17, 15) is 4.79 Å². The summed E-state index contributed by atoms with van der Waals surface area (Å²) in [7, 11) is 0. The fourth-order valence-electron chi connectivity index (χ4n) is 2.30. The van der Waals surface area contributed by atoms with Crippen molar-refractivity contribution in [3.63, 3.8) is 0 Å². The normalized spacial score (nSPS) is 12.8. The van der Waals surface area contributed by atoms with Crippen molar-refractivity contribution in [3.8, 4) is 0 Å². The Bertz CT molecular complexity index is 578. The summed E-state index contributed by atoms with van der Waals surface area (Å²) in [6.45, 7) is 0.991. The van der Waals surface area contributed by atoms with Crippen molar-refractivity contribution in [2.24, 2.45) is 0 Å². The van der Waals surface area contributed by atoms with Crippen LogP contribution in [-0.4, -0.2) is 12.5 Å². The standard InChI is InChI=1S/C15H16N2OS/c18-15(4-1-11-6-8-19-10-11)17-13-2-3-14-12(9-13)5-7-16-14/h2-3,6,8-10,16H,1,4-5,7H2,(H,17,18). The third kappa shape index (κ3) is 2.96. The molecule has 0 unspecified atom stereocenters. The summed E-state index contributed by atoms with van der Waals surface area (Å²) in [6.07, 6.45) is 2.38. The molecule has 98 valence electrons. The Morgan fingerprint density at radius 2 is 2.32 bits per heavy atom. The quantitative estimate of drug-likeness (QED) is 0.896. The molecule has 1 aliphatic rings. The van der Waals surface area contributed by atoms with E-state index in [2.05, 4.69) is 28.1 Å². The van der Waals surface area contributed by atoms with Gasteiger partial charge in [0.25, 0.3) is 0 Å². The van der Waals surface area contributed by atoms with Gasteiger partial charge in [0.1, 0.15) is 0 Å². The van der Waals surface area contributed by atoms with Crippen molar-refractivity contribution in [2.75, 3.05) is 17.2 Å². The van der Waals surface area contributed by atoms with Gasteiger partial charge >= 0.3 is 0 Å². The minimum atomic E-state index is 0.0807. The van der Waals surface area contributed by atoms with E-state index in [0.29, 0.717) is 6.42 Å². The average molecular weight is 272 g/mol. The van der Waals surface area contributed by atoms with Crippen LogP contribution in [0.5, 0.6) is 0 Å². The van der Waals surface area contributed by atoms with Gasteiger partial charge in [0, 0.05) is 24.3 Å². The third-order valence-corrected chi connectivity index (χ3v) is 4.05. The van der Waals surface area contributed by atoms with Gasteiger partial charge in [-0.15, -0.1) is 0 Å². The summed E-state index contributed by atoms with van der Waals surface area (Å²) >= 11 is 1.67. The predicted molar refractivity (Wildman–Crippen MR) is 79.9 cm³/mol. The molecule has 0 saturated carbocycles. The van der Waals surface area contributed by atoms with Crippen LogP contribution in [0.4, 0.5) is 11.4 Å².